The van der Waals surface area contributed by atoms with Gasteiger partial charge in [-0.15, -0.1) is 0 Å². The number of allylic oxidation sites excluding steroid dienone is 4. The van der Waals surface area contributed by atoms with Gasteiger partial charge < -0.3 is 20.1 Å². The Morgan fingerprint density at radius 3 is 0.974 bits per heavy atom. The number of unbranched alkanes of at least 4 members (excludes halogenated alkanes) is 49. The van der Waals surface area contributed by atoms with E-state index in [1.165, 1.54) is 295 Å². The first-order valence-corrected chi connectivity index (χ1v) is 35.8. The molecule has 0 amide bonds. The summed E-state index contributed by atoms with van der Waals surface area (Å²) in [5.41, 5.74) is 5.40. The predicted octanol–water partition coefficient (Wildman–Crippen LogP) is 22.1. The summed E-state index contributed by atoms with van der Waals surface area (Å²) < 4.78 is 33.2. The highest BCUT2D eigenvalue weighted by Gasteiger charge is 2.26. The van der Waals surface area contributed by atoms with Crippen LogP contribution in [0, 0.1) is 0 Å². The highest BCUT2D eigenvalue weighted by Crippen LogP contribution is 2.43. The van der Waals surface area contributed by atoms with Crippen LogP contribution in [0.3, 0.4) is 0 Å². The number of carbonyl (C=O) groups is 2. The van der Waals surface area contributed by atoms with Gasteiger partial charge in [-0.25, -0.2) is 4.57 Å². The van der Waals surface area contributed by atoms with Crippen molar-refractivity contribution in [3.63, 3.8) is 0 Å². The average Bonchev–Trinajstić information content (AvgIpc) is 3.43. The van der Waals surface area contributed by atoms with Crippen molar-refractivity contribution in [2.24, 2.45) is 5.73 Å². The van der Waals surface area contributed by atoms with Gasteiger partial charge in [-0.2, -0.15) is 0 Å². The molecule has 2 unspecified atom stereocenters. The molecule has 0 aromatic carbocycles. The van der Waals surface area contributed by atoms with Crippen molar-refractivity contribution < 1.29 is 37.6 Å². The molecule has 0 aliphatic carbocycles. The third-order valence-electron chi connectivity index (χ3n) is 15.6. The molecule has 0 spiro atoms. The largest absolute Gasteiger partial charge is 0.472 e. The van der Waals surface area contributed by atoms with Crippen LogP contribution in [-0.4, -0.2) is 49.3 Å². The number of esters is 2. The van der Waals surface area contributed by atoms with E-state index in [0.29, 0.717) is 6.42 Å². The lowest BCUT2D eigenvalue weighted by molar-refractivity contribution is -0.161. The smallest absolute Gasteiger partial charge is 0.462 e. The van der Waals surface area contributed by atoms with Gasteiger partial charge in [0, 0.05) is 19.4 Å². The molecule has 78 heavy (non-hydrogen) atoms. The topological polar surface area (TPSA) is 134 Å². The predicted molar refractivity (Wildman–Crippen MR) is 335 cm³/mol. The Bertz CT molecular complexity index is 1330. The molecule has 2 atom stereocenters. The van der Waals surface area contributed by atoms with Gasteiger partial charge >= 0.3 is 19.8 Å². The van der Waals surface area contributed by atoms with E-state index in [2.05, 4.69) is 38.2 Å². The van der Waals surface area contributed by atoms with Crippen LogP contribution in [0.2, 0.25) is 0 Å². The Morgan fingerprint density at radius 2 is 0.667 bits per heavy atom. The monoisotopic (exact) mass is 1120 g/mol. The third kappa shape index (κ3) is 63.7. The second-order valence-corrected chi connectivity index (χ2v) is 24.9. The summed E-state index contributed by atoms with van der Waals surface area (Å²) in [6.45, 7) is 3.82. The van der Waals surface area contributed by atoms with Gasteiger partial charge in [0.1, 0.15) is 6.61 Å². The van der Waals surface area contributed by atoms with Crippen LogP contribution in [0.5, 0.6) is 0 Å². The second kappa shape index (κ2) is 64.7. The normalized spacial score (nSPS) is 13.0. The number of hydrogen-bond acceptors (Lipinski definition) is 8. The molecule has 0 aromatic rings. The summed E-state index contributed by atoms with van der Waals surface area (Å²) in [6, 6.07) is 0. The fourth-order valence-electron chi connectivity index (χ4n) is 10.5. The molecular formula is C68H132NO8P. The zero-order valence-corrected chi connectivity index (χ0v) is 52.8. The van der Waals surface area contributed by atoms with Gasteiger partial charge in [-0.3, -0.25) is 18.6 Å². The van der Waals surface area contributed by atoms with Crippen molar-refractivity contribution in [3.8, 4) is 0 Å². The molecule has 462 valence electrons. The highest BCUT2D eigenvalue weighted by molar-refractivity contribution is 7.47. The number of rotatable bonds is 66. The van der Waals surface area contributed by atoms with Crippen LogP contribution < -0.4 is 5.73 Å². The maximum Gasteiger partial charge on any atom is 0.472 e. The Labute approximate surface area is 484 Å². The number of phosphoric acid groups is 1. The molecule has 0 saturated heterocycles. The van der Waals surface area contributed by atoms with Crippen LogP contribution >= 0.6 is 7.82 Å². The molecule has 0 radical (unpaired) electrons. The Hall–Kier alpha value is -1.51. The SMILES string of the molecule is CCCCCCC/C=C\C/C=C\CCCCCCCCCCCCCCCCCCCCCCCC(=O)OC(COC(=O)CCCCCCCCCCCCCCCCCCCCCCCCCC)COP(=O)(O)OCCN. The Balaban J connectivity index is 3.81. The molecular weight excluding hydrogens is 990 g/mol. The molecule has 0 bridgehead atoms. The van der Waals surface area contributed by atoms with Gasteiger partial charge in [0.05, 0.1) is 13.2 Å². The summed E-state index contributed by atoms with van der Waals surface area (Å²) >= 11 is 0. The quantitative estimate of drug-likeness (QED) is 0.0264. The van der Waals surface area contributed by atoms with Gasteiger partial charge in [-0.1, -0.05) is 334 Å². The molecule has 0 fully saturated rings. The van der Waals surface area contributed by atoms with E-state index in [-0.39, 0.29) is 38.6 Å². The Morgan fingerprint density at radius 1 is 0.385 bits per heavy atom. The van der Waals surface area contributed by atoms with Crippen LogP contribution in [-0.2, 0) is 32.7 Å². The number of carbonyl (C=O) groups excluding carboxylic acids is 2. The fraction of sp³-hybridized carbons (Fsp3) is 0.912. The Kier molecular flexibility index (Phi) is 63.4. The van der Waals surface area contributed by atoms with Crippen LogP contribution in [0.25, 0.3) is 0 Å². The molecule has 3 N–H and O–H groups in total. The first-order valence-electron chi connectivity index (χ1n) is 34.3. The van der Waals surface area contributed by atoms with Crippen LogP contribution in [0.1, 0.15) is 367 Å². The zero-order chi connectivity index (χ0) is 56.6. The van der Waals surface area contributed by atoms with Gasteiger partial charge in [0.15, 0.2) is 6.10 Å². The minimum Gasteiger partial charge on any atom is -0.462 e. The van der Waals surface area contributed by atoms with Gasteiger partial charge in [-0.05, 0) is 44.9 Å². The molecule has 0 saturated carbocycles. The zero-order valence-electron chi connectivity index (χ0n) is 51.9. The van der Waals surface area contributed by atoms with E-state index in [4.69, 9.17) is 24.3 Å². The summed E-state index contributed by atoms with van der Waals surface area (Å²) in [5, 5.41) is 0. The lowest BCUT2D eigenvalue weighted by Crippen LogP contribution is -2.29. The molecule has 0 rings (SSSR count). The molecule has 0 aliphatic rings. The number of hydrogen-bond donors (Lipinski definition) is 2. The summed E-state index contributed by atoms with van der Waals surface area (Å²) in [5.74, 6) is -0.802. The third-order valence-corrected chi connectivity index (χ3v) is 16.6. The second-order valence-electron chi connectivity index (χ2n) is 23.4. The van der Waals surface area contributed by atoms with Crippen LogP contribution in [0.4, 0.5) is 0 Å². The maximum absolute atomic E-state index is 12.8. The first-order chi connectivity index (χ1) is 38.3. The number of ether oxygens (including phenoxy) is 2. The average molecular weight is 1120 g/mol. The lowest BCUT2D eigenvalue weighted by atomic mass is 10.0. The standard InChI is InChI=1S/C68H132NO8P/c1-3-5-7-9-11-13-15-17-19-21-23-25-27-29-30-31-32-33-34-35-36-37-39-41-43-45-47-49-51-53-55-57-59-61-68(71)77-66(65-76-78(72,73)75-63-62-69)64-74-67(70)60-58-56-54-52-50-48-46-44-42-40-38-28-26-24-22-20-18-16-14-12-10-8-6-4-2/h15,17,21,23,66H,3-14,16,18-20,22,24-65,69H2,1-2H3,(H,72,73)/b17-15-,23-21-. The van der Waals surface area contributed by atoms with Crippen molar-refractivity contribution in [1.82, 2.24) is 0 Å². The highest BCUT2D eigenvalue weighted by atomic mass is 31.2. The van der Waals surface area contributed by atoms with Crippen molar-refractivity contribution in [2.45, 2.75) is 373 Å². The lowest BCUT2D eigenvalue weighted by Gasteiger charge is -2.19. The first kappa shape index (κ1) is 76.5. The molecule has 0 heterocycles. The van der Waals surface area contributed by atoms with Crippen molar-refractivity contribution in [1.29, 1.82) is 0 Å². The van der Waals surface area contributed by atoms with E-state index in [1.807, 2.05) is 0 Å². The number of nitrogens with two attached hydrogens (primary N) is 1. The van der Waals surface area contributed by atoms with Crippen molar-refractivity contribution in [2.75, 3.05) is 26.4 Å². The van der Waals surface area contributed by atoms with E-state index >= 15 is 0 Å². The summed E-state index contributed by atoms with van der Waals surface area (Å²) in [7, 11) is -4.39. The minimum atomic E-state index is -4.39. The summed E-state index contributed by atoms with van der Waals surface area (Å²) in [4.78, 5) is 35.3. The maximum atomic E-state index is 12.8. The van der Waals surface area contributed by atoms with E-state index < -0.39 is 26.5 Å². The van der Waals surface area contributed by atoms with E-state index in [9.17, 15) is 19.0 Å². The van der Waals surface area contributed by atoms with Crippen LogP contribution in [0.15, 0.2) is 24.3 Å². The van der Waals surface area contributed by atoms with Gasteiger partial charge in [0.2, 0.25) is 0 Å². The van der Waals surface area contributed by atoms with Gasteiger partial charge in [0.25, 0.3) is 0 Å². The number of phosphoric ester groups is 1. The molecule has 9 nitrogen and oxygen atoms in total. The van der Waals surface area contributed by atoms with Crippen molar-refractivity contribution >= 4 is 19.8 Å². The molecule has 0 aromatic heterocycles. The fourth-order valence-corrected chi connectivity index (χ4v) is 11.3. The summed E-state index contributed by atoms with van der Waals surface area (Å²) in [6.07, 6.45) is 78.5. The van der Waals surface area contributed by atoms with E-state index in [0.717, 1.165) is 38.5 Å². The van der Waals surface area contributed by atoms with E-state index in [1.54, 1.807) is 0 Å². The molecule has 10 heteroatoms. The molecule has 0 aliphatic heterocycles. The van der Waals surface area contributed by atoms with Crippen molar-refractivity contribution in [3.05, 3.63) is 24.3 Å². The minimum absolute atomic E-state index is 0.0572.